The lowest BCUT2D eigenvalue weighted by Crippen LogP contribution is -2.28. The maximum absolute atomic E-state index is 11.0. The molecule has 0 aliphatic carbocycles. The summed E-state index contributed by atoms with van der Waals surface area (Å²) < 4.78 is 0. The molecule has 0 spiro atoms. The fraction of sp³-hybridized carbons (Fsp3) is 0.353. The van der Waals surface area contributed by atoms with Gasteiger partial charge in [-0.15, -0.1) is 0 Å². The topological polar surface area (TPSA) is 32.7 Å². The first-order valence-corrected chi connectivity index (χ1v) is 7.21. The summed E-state index contributed by atoms with van der Waals surface area (Å²) in [6.07, 6.45) is 8.32. The number of rotatable bonds is 2. The molecule has 102 valence electrons. The SMILES string of the molecule is O=C=C1CCCCN1c1ccc(C2=NCCC=C2)cc1. The van der Waals surface area contributed by atoms with Gasteiger partial charge < -0.3 is 4.90 Å². The summed E-state index contributed by atoms with van der Waals surface area (Å²) in [6, 6.07) is 8.31. The van der Waals surface area contributed by atoms with Crippen molar-refractivity contribution in [2.45, 2.75) is 25.7 Å². The third-order valence-corrected chi connectivity index (χ3v) is 3.82. The Morgan fingerprint density at radius 2 is 2.00 bits per heavy atom. The minimum absolute atomic E-state index is 0.777. The fourth-order valence-electron chi connectivity index (χ4n) is 2.73. The summed E-state index contributed by atoms with van der Waals surface area (Å²) in [5, 5.41) is 0. The zero-order valence-corrected chi connectivity index (χ0v) is 11.5. The number of dihydropyridines is 1. The summed E-state index contributed by atoms with van der Waals surface area (Å²) in [4.78, 5) is 17.6. The maximum atomic E-state index is 11.0. The summed E-state index contributed by atoms with van der Waals surface area (Å²) in [5.74, 6) is 2.09. The largest absolute Gasteiger partial charge is 0.336 e. The van der Waals surface area contributed by atoms with E-state index in [9.17, 15) is 4.79 Å². The van der Waals surface area contributed by atoms with Gasteiger partial charge in [0.2, 0.25) is 0 Å². The zero-order chi connectivity index (χ0) is 13.8. The van der Waals surface area contributed by atoms with E-state index in [-0.39, 0.29) is 0 Å². The normalized spacial score (nSPS) is 18.7. The van der Waals surface area contributed by atoms with Crippen LogP contribution in [0.4, 0.5) is 5.69 Å². The maximum Gasteiger partial charge on any atom is 0.146 e. The van der Waals surface area contributed by atoms with Crippen molar-refractivity contribution in [2.24, 2.45) is 4.99 Å². The highest BCUT2D eigenvalue weighted by molar-refractivity contribution is 6.09. The third kappa shape index (κ3) is 2.59. The van der Waals surface area contributed by atoms with Gasteiger partial charge in [0.25, 0.3) is 0 Å². The van der Waals surface area contributed by atoms with Crippen LogP contribution in [0, 0.1) is 0 Å². The molecule has 0 bridgehead atoms. The lowest BCUT2D eigenvalue weighted by molar-refractivity contribution is 0.558. The number of benzene rings is 1. The van der Waals surface area contributed by atoms with Gasteiger partial charge in [0, 0.05) is 18.8 Å². The van der Waals surface area contributed by atoms with E-state index in [0.717, 1.165) is 61.4 Å². The predicted octanol–water partition coefficient (Wildman–Crippen LogP) is 3.14. The first-order chi connectivity index (χ1) is 9.88. The van der Waals surface area contributed by atoms with Gasteiger partial charge in [-0.3, -0.25) is 4.99 Å². The van der Waals surface area contributed by atoms with Crippen LogP contribution in [-0.2, 0) is 4.79 Å². The monoisotopic (exact) mass is 266 g/mol. The van der Waals surface area contributed by atoms with Crippen molar-refractivity contribution in [3.05, 3.63) is 47.7 Å². The van der Waals surface area contributed by atoms with Crippen molar-refractivity contribution in [1.29, 1.82) is 0 Å². The fourth-order valence-corrected chi connectivity index (χ4v) is 2.73. The first kappa shape index (κ1) is 12.9. The number of anilines is 1. The minimum atomic E-state index is 0.777. The van der Waals surface area contributed by atoms with E-state index >= 15 is 0 Å². The van der Waals surface area contributed by atoms with E-state index in [4.69, 9.17) is 0 Å². The third-order valence-electron chi connectivity index (χ3n) is 3.82. The Morgan fingerprint density at radius 1 is 1.15 bits per heavy atom. The molecule has 2 heterocycles. The van der Waals surface area contributed by atoms with Crippen LogP contribution >= 0.6 is 0 Å². The van der Waals surface area contributed by atoms with Gasteiger partial charge in [-0.05, 0) is 49.5 Å². The van der Waals surface area contributed by atoms with Gasteiger partial charge in [0.05, 0.1) is 5.71 Å². The molecule has 2 aliphatic heterocycles. The highest BCUT2D eigenvalue weighted by Crippen LogP contribution is 2.26. The van der Waals surface area contributed by atoms with Crippen molar-refractivity contribution in [2.75, 3.05) is 18.0 Å². The Morgan fingerprint density at radius 3 is 2.70 bits per heavy atom. The van der Waals surface area contributed by atoms with Crippen LogP contribution in [-0.4, -0.2) is 24.7 Å². The van der Waals surface area contributed by atoms with Gasteiger partial charge in [-0.2, -0.15) is 0 Å². The Labute approximate surface area is 119 Å². The molecule has 0 unspecified atom stereocenters. The lowest BCUT2D eigenvalue weighted by Gasteiger charge is -2.29. The van der Waals surface area contributed by atoms with Crippen LogP contribution in [0.15, 0.2) is 47.1 Å². The molecule has 3 nitrogen and oxygen atoms in total. The van der Waals surface area contributed by atoms with E-state index in [1.165, 1.54) is 0 Å². The number of hydrogen-bond donors (Lipinski definition) is 0. The molecule has 3 heteroatoms. The summed E-state index contributed by atoms with van der Waals surface area (Å²) >= 11 is 0. The van der Waals surface area contributed by atoms with Crippen molar-refractivity contribution >= 4 is 17.3 Å². The zero-order valence-electron chi connectivity index (χ0n) is 11.5. The van der Waals surface area contributed by atoms with Crippen molar-refractivity contribution in [3.8, 4) is 0 Å². The van der Waals surface area contributed by atoms with E-state index in [2.05, 4.69) is 52.3 Å². The van der Waals surface area contributed by atoms with Crippen LogP contribution in [0.5, 0.6) is 0 Å². The van der Waals surface area contributed by atoms with Crippen molar-refractivity contribution < 1.29 is 4.79 Å². The van der Waals surface area contributed by atoms with Gasteiger partial charge in [0.15, 0.2) is 0 Å². The van der Waals surface area contributed by atoms with Gasteiger partial charge in [0.1, 0.15) is 11.6 Å². The van der Waals surface area contributed by atoms with Crippen LogP contribution in [0.2, 0.25) is 0 Å². The molecule has 2 aliphatic rings. The quantitative estimate of drug-likeness (QED) is 0.770. The number of nitrogens with zero attached hydrogens (tertiary/aromatic N) is 2. The molecule has 0 aromatic heterocycles. The van der Waals surface area contributed by atoms with Crippen LogP contribution in [0.1, 0.15) is 31.2 Å². The standard InChI is InChI=1S/C17H18N2O/c20-13-16-5-2-4-12-19(16)15-9-7-14(8-10-15)17-6-1-3-11-18-17/h1,6-10H,2-5,11-12H2. The van der Waals surface area contributed by atoms with Gasteiger partial charge in [-0.1, -0.05) is 18.2 Å². The molecule has 0 N–H and O–H groups in total. The van der Waals surface area contributed by atoms with Crippen LogP contribution in [0.3, 0.4) is 0 Å². The van der Waals surface area contributed by atoms with E-state index in [1.807, 2.05) is 0 Å². The molecule has 1 saturated heterocycles. The number of aliphatic imine (C=N–C) groups is 1. The van der Waals surface area contributed by atoms with Crippen molar-refractivity contribution in [3.63, 3.8) is 0 Å². The van der Waals surface area contributed by atoms with E-state index < -0.39 is 0 Å². The molecule has 1 aromatic carbocycles. The second-order valence-electron chi connectivity index (χ2n) is 5.16. The summed E-state index contributed by atoms with van der Waals surface area (Å²) in [7, 11) is 0. The smallest absolute Gasteiger partial charge is 0.146 e. The number of allylic oxidation sites excluding steroid dienone is 2. The minimum Gasteiger partial charge on any atom is -0.336 e. The van der Waals surface area contributed by atoms with Crippen molar-refractivity contribution in [1.82, 2.24) is 0 Å². The molecule has 0 amide bonds. The summed E-state index contributed by atoms with van der Waals surface area (Å²) in [6.45, 7) is 1.78. The van der Waals surface area contributed by atoms with Crippen LogP contribution < -0.4 is 4.90 Å². The Kier molecular flexibility index (Phi) is 3.80. The lowest BCUT2D eigenvalue weighted by atomic mass is 10.0. The molecule has 0 saturated carbocycles. The second kappa shape index (κ2) is 5.89. The molecular weight excluding hydrogens is 248 g/mol. The highest BCUT2D eigenvalue weighted by atomic mass is 16.1. The molecule has 1 aromatic rings. The van der Waals surface area contributed by atoms with E-state index in [0.29, 0.717) is 0 Å². The highest BCUT2D eigenvalue weighted by Gasteiger charge is 2.17. The van der Waals surface area contributed by atoms with Crippen LogP contribution in [0.25, 0.3) is 0 Å². The number of piperidine rings is 1. The average Bonchev–Trinajstić information content (AvgIpc) is 2.56. The molecular formula is C17H18N2O. The number of hydrogen-bond acceptors (Lipinski definition) is 3. The molecule has 0 atom stereocenters. The van der Waals surface area contributed by atoms with Gasteiger partial charge >= 0.3 is 0 Å². The van der Waals surface area contributed by atoms with E-state index in [1.54, 1.807) is 0 Å². The average molecular weight is 266 g/mol. The molecule has 3 rings (SSSR count). The Hall–Kier alpha value is -2.12. The second-order valence-corrected chi connectivity index (χ2v) is 5.16. The molecule has 0 radical (unpaired) electrons. The first-order valence-electron chi connectivity index (χ1n) is 7.21. The Bertz CT molecular complexity index is 592. The Balaban J connectivity index is 1.84. The molecule has 1 fully saturated rings. The molecule has 20 heavy (non-hydrogen) atoms. The summed E-state index contributed by atoms with van der Waals surface area (Å²) in [5.41, 5.74) is 4.04. The predicted molar refractivity (Wildman–Crippen MR) is 82.0 cm³/mol. The number of carbonyl (C=O) groups excluding carboxylic acids is 1. The van der Waals surface area contributed by atoms with Gasteiger partial charge in [-0.25, -0.2) is 4.79 Å².